The van der Waals surface area contributed by atoms with Gasteiger partial charge in [-0.25, -0.2) is 4.79 Å². The Hall–Kier alpha value is -2.05. The highest BCUT2D eigenvalue weighted by molar-refractivity contribution is 7.98. The summed E-state index contributed by atoms with van der Waals surface area (Å²) in [7, 11) is 0. The lowest BCUT2D eigenvalue weighted by molar-refractivity contribution is 0.0696. The quantitative estimate of drug-likeness (QED) is 0.749. The first-order chi connectivity index (χ1) is 10.1. The van der Waals surface area contributed by atoms with Crippen molar-refractivity contribution in [3.05, 3.63) is 47.1 Å². The zero-order chi connectivity index (χ0) is 15.0. The third kappa shape index (κ3) is 2.48. The number of aromatic carboxylic acids is 1. The molecule has 0 spiro atoms. The zero-order valence-corrected chi connectivity index (χ0v) is 12.5. The van der Waals surface area contributed by atoms with Crippen LogP contribution in [0.3, 0.4) is 0 Å². The molecule has 1 aromatic carbocycles. The molecule has 3 aromatic rings. The van der Waals surface area contributed by atoms with E-state index in [-0.39, 0.29) is 10.6 Å². The summed E-state index contributed by atoms with van der Waals surface area (Å²) in [6.07, 6.45) is 3.47. The Morgan fingerprint density at radius 1 is 1.29 bits per heavy atom. The predicted octanol–water partition coefficient (Wildman–Crippen LogP) is 3.47. The van der Waals surface area contributed by atoms with Crippen molar-refractivity contribution in [3.8, 4) is 11.4 Å². The minimum atomic E-state index is -1.05. The lowest BCUT2D eigenvalue weighted by Gasteiger charge is -2.03. The molecule has 3 rings (SSSR count). The van der Waals surface area contributed by atoms with E-state index in [0.717, 1.165) is 10.5 Å². The summed E-state index contributed by atoms with van der Waals surface area (Å²) in [5.74, 6) is -0.487. The summed E-state index contributed by atoms with van der Waals surface area (Å²) < 4.78 is 1.60. The highest BCUT2D eigenvalue weighted by atomic mass is 35.5. The molecule has 1 N–H and O–H groups in total. The van der Waals surface area contributed by atoms with Crippen molar-refractivity contribution in [3.63, 3.8) is 0 Å². The predicted molar refractivity (Wildman–Crippen MR) is 82.2 cm³/mol. The highest BCUT2D eigenvalue weighted by Crippen LogP contribution is 2.25. The molecule has 106 valence electrons. The van der Waals surface area contributed by atoms with Gasteiger partial charge in [0.15, 0.2) is 11.5 Å². The molecule has 0 amide bonds. The van der Waals surface area contributed by atoms with E-state index in [0.29, 0.717) is 11.5 Å². The van der Waals surface area contributed by atoms with Crippen molar-refractivity contribution >= 4 is 35.0 Å². The van der Waals surface area contributed by atoms with Crippen LogP contribution in [0.5, 0.6) is 0 Å². The number of nitrogens with zero attached hydrogens (tertiary/aromatic N) is 3. The average Bonchev–Trinajstić information content (AvgIpc) is 2.91. The molecule has 0 aliphatic heterocycles. The fourth-order valence-corrected chi connectivity index (χ4v) is 2.66. The number of aromatic nitrogens is 3. The maximum atomic E-state index is 11.1. The molecule has 0 radical (unpaired) electrons. The molecular weight excluding hydrogens is 310 g/mol. The zero-order valence-electron chi connectivity index (χ0n) is 10.9. The molecule has 0 atom stereocenters. The minimum Gasteiger partial charge on any atom is -0.478 e. The lowest BCUT2D eigenvalue weighted by Crippen LogP contribution is -2.00. The van der Waals surface area contributed by atoms with Crippen LogP contribution < -0.4 is 0 Å². The Morgan fingerprint density at radius 3 is 2.62 bits per heavy atom. The van der Waals surface area contributed by atoms with Crippen LogP contribution in [0.4, 0.5) is 0 Å². The van der Waals surface area contributed by atoms with Gasteiger partial charge in [0, 0.05) is 16.7 Å². The van der Waals surface area contributed by atoms with Crippen LogP contribution in [0.15, 0.2) is 41.4 Å². The van der Waals surface area contributed by atoms with Crippen LogP contribution in [0.25, 0.3) is 17.0 Å². The van der Waals surface area contributed by atoms with Gasteiger partial charge in [-0.2, -0.15) is 0 Å². The number of pyridine rings is 1. The van der Waals surface area contributed by atoms with Crippen molar-refractivity contribution < 1.29 is 9.90 Å². The maximum Gasteiger partial charge on any atom is 0.337 e. The van der Waals surface area contributed by atoms with Gasteiger partial charge >= 0.3 is 5.97 Å². The number of benzene rings is 1. The second-order valence-corrected chi connectivity index (χ2v) is 5.61. The molecule has 0 aliphatic carbocycles. The van der Waals surface area contributed by atoms with Crippen molar-refractivity contribution in [1.29, 1.82) is 0 Å². The second kappa shape index (κ2) is 5.38. The molecular formula is C14H10ClN3O2S. The number of fused-ring (bicyclic) bond motifs is 1. The molecule has 21 heavy (non-hydrogen) atoms. The molecule has 5 nitrogen and oxygen atoms in total. The largest absolute Gasteiger partial charge is 0.478 e. The third-order valence-electron chi connectivity index (χ3n) is 3.06. The number of carboxylic acid groups (broad SMARTS) is 1. The summed E-state index contributed by atoms with van der Waals surface area (Å²) in [5.41, 5.74) is 1.37. The fourth-order valence-electron chi connectivity index (χ4n) is 2.01. The standard InChI is InChI=1S/C14H10ClN3O2S/c1-21-10-4-2-8(3-5-10)12-16-17-13-11(15)6-9(14(19)20)7-18(12)13/h2-7H,1H3,(H,19,20). The Bertz CT molecular complexity index is 830. The first-order valence-corrected chi connectivity index (χ1v) is 7.62. The first kappa shape index (κ1) is 13.9. The van der Waals surface area contributed by atoms with Crippen molar-refractivity contribution in [2.75, 3.05) is 6.26 Å². The Morgan fingerprint density at radius 2 is 2.00 bits per heavy atom. The Labute approximate surface area is 129 Å². The number of hydrogen-bond donors (Lipinski definition) is 1. The normalized spacial score (nSPS) is 11.0. The molecule has 2 heterocycles. The van der Waals surface area contributed by atoms with Gasteiger partial charge in [0.1, 0.15) is 0 Å². The number of rotatable bonds is 3. The molecule has 0 saturated heterocycles. The van der Waals surface area contributed by atoms with Crippen LogP contribution in [-0.2, 0) is 0 Å². The molecule has 0 fully saturated rings. The number of thioether (sulfide) groups is 1. The summed E-state index contributed by atoms with van der Waals surface area (Å²) in [6.45, 7) is 0. The third-order valence-corrected chi connectivity index (χ3v) is 4.08. The van der Waals surface area contributed by atoms with E-state index in [4.69, 9.17) is 16.7 Å². The van der Waals surface area contributed by atoms with Gasteiger partial charge in [-0.05, 0) is 24.5 Å². The van der Waals surface area contributed by atoms with E-state index in [1.807, 2.05) is 30.5 Å². The van der Waals surface area contributed by atoms with Gasteiger partial charge in [-0.1, -0.05) is 23.7 Å². The SMILES string of the molecule is CSc1ccc(-c2nnc3c(Cl)cc(C(=O)O)cn23)cc1. The summed E-state index contributed by atoms with van der Waals surface area (Å²) in [5, 5.41) is 17.5. The summed E-state index contributed by atoms with van der Waals surface area (Å²) >= 11 is 7.71. The van der Waals surface area contributed by atoms with Crippen LogP contribution >= 0.6 is 23.4 Å². The van der Waals surface area contributed by atoms with Gasteiger partial charge in [-0.15, -0.1) is 22.0 Å². The molecule has 0 aliphatic rings. The number of hydrogen-bond acceptors (Lipinski definition) is 4. The number of carboxylic acids is 1. The van der Waals surface area contributed by atoms with Crippen LogP contribution in [-0.4, -0.2) is 31.9 Å². The Kier molecular flexibility index (Phi) is 3.57. The van der Waals surface area contributed by atoms with Crippen LogP contribution in [0.1, 0.15) is 10.4 Å². The molecule has 2 aromatic heterocycles. The lowest BCUT2D eigenvalue weighted by atomic mass is 10.2. The van der Waals surface area contributed by atoms with E-state index in [1.165, 1.54) is 12.3 Å². The van der Waals surface area contributed by atoms with Gasteiger partial charge in [0.2, 0.25) is 0 Å². The van der Waals surface area contributed by atoms with E-state index in [9.17, 15) is 4.79 Å². The molecule has 7 heteroatoms. The van der Waals surface area contributed by atoms with Crippen LogP contribution in [0, 0.1) is 0 Å². The monoisotopic (exact) mass is 319 g/mol. The Balaban J connectivity index is 2.20. The van der Waals surface area contributed by atoms with E-state index >= 15 is 0 Å². The first-order valence-electron chi connectivity index (χ1n) is 6.02. The van der Waals surface area contributed by atoms with Gasteiger partial charge < -0.3 is 5.11 Å². The molecule has 0 bridgehead atoms. The minimum absolute atomic E-state index is 0.0919. The van der Waals surface area contributed by atoms with E-state index in [2.05, 4.69) is 10.2 Å². The van der Waals surface area contributed by atoms with Crippen molar-refractivity contribution in [1.82, 2.24) is 14.6 Å². The smallest absolute Gasteiger partial charge is 0.337 e. The maximum absolute atomic E-state index is 11.1. The average molecular weight is 320 g/mol. The molecule has 0 unspecified atom stereocenters. The highest BCUT2D eigenvalue weighted by Gasteiger charge is 2.14. The number of halogens is 1. The summed E-state index contributed by atoms with van der Waals surface area (Å²) in [6, 6.07) is 9.16. The second-order valence-electron chi connectivity index (χ2n) is 4.33. The van der Waals surface area contributed by atoms with Gasteiger partial charge in [0.05, 0.1) is 10.6 Å². The summed E-state index contributed by atoms with van der Waals surface area (Å²) in [4.78, 5) is 12.3. The van der Waals surface area contributed by atoms with Crippen molar-refractivity contribution in [2.45, 2.75) is 4.90 Å². The fraction of sp³-hybridized carbons (Fsp3) is 0.0714. The van der Waals surface area contributed by atoms with Crippen LogP contribution in [0.2, 0.25) is 5.02 Å². The van der Waals surface area contributed by atoms with E-state index in [1.54, 1.807) is 16.2 Å². The van der Waals surface area contributed by atoms with Gasteiger partial charge in [0.25, 0.3) is 0 Å². The molecule has 0 saturated carbocycles. The topological polar surface area (TPSA) is 67.5 Å². The number of carbonyl (C=O) groups is 1. The van der Waals surface area contributed by atoms with Crippen molar-refractivity contribution in [2.24, 2.45) is 0 Å². The van der Waals surface area contributed by atoms with E-state index < -0.39 is 5.97 Å². The van der Waals surface area contributed by atoms with Gasteiger partial charge in [-0.3, -0.25) is 4.40 Å².